The second-order valence-electron chi connectivity index (χ2n) is 7.36. The van der Waals surface area contributed by atoms with Crippen molar-refractivity contribution in [3.63, 3.8) is 0 Å². The minimum atomic E-state index is -0.205. The maximum Gasteiger partial charge on any atom is 0.238 e. The van der Waals surface area contributed by atoms with Crippen LogP contribution in [0.25, 0.3) is 5.69 Å². The van der Waals surface area contributed by atoms with Gasteiger partial charge in [-0.3, -0.25) is 4.79 Å². The molecule has 7 heteroatoms. The molecule has 2 aliphatic heterocycles. The summed E-state index contributed by atoms with van der Waals surface area (Å²) in [5, 5.41) is 7.63. The van der Waals surface area contributed by atoms with E-state index < -0.39 is 0 Å². The van der Waals surface area contributed by atoms with Gasteiger partial charge in [-0.1, -0.05) is 23.8 Å². The van der Waals surface area contributed by atoms with Crippen molar-refractivity contribution in [1.82, 2.24) is 9.78 Å². The van der Waals surface area contributed by atoms with Crippen molar-refractivity contribution in [3.8, 4) is 17.2 Å². The van der Waals surface area contributed by atoms with Crippen molar-refractivity contribution in [3.05, 3.63) is 64.8 Å². The lowest BCUT2D eigenvalue weighted by molar-refractivity contribution is -0.115. The van der Waals surface area contributed by atoms with Crippen molar-refractivity contribution in [2.24, 2.45) is 0 Å². The van der Waals surface area contributed by atoms with Gasteiger partial charge in [0.25, 0.3) is 0 Å². The summed E-state index contributed by atoms with van der Waals surface area (Å²) in [7, 11) is 0. The highest BCUT2D eigenvalue weighted by molar-refractivity contribution is 8.01. The monoisotopic (exact) mass is 407 g/mol. The number of thioether (sulfide) groups is 1. The smallest absolute Gasteiger partial charge is 0.238 e. The molecule has 2 atom stereocenters. The number of benzene rings is 2. The van der Waals surface area contributed by atoms with Gasteiger partial charge < -0.3 is 14.8 Å². The summed E-state index contributed by atoms with van der Waals surface area (Å²) in [4.78, 5) is 12.8. The Kier molecular flexibility index (Phi) is 4.28. The number of nitrogens with zero attached hydrogens (tertiary/aromatic N) is 2. The Hall–Kier alpha value is -2.93. The third-order valence-corrected chi connectivity index (χ3v) is 6.70. The third kappa shape index (κ3) is 3.06. The van der Waals surface area contributed by atoms with E-state index in [1.807, 2.05) is 67.9 Å². The lowest BCUT2D eigenvalue weighted by atomic mass is 10.0. The molecule has 3 heterocycles. The Bertz CT molecular complexity index is 1110. The molecule has 0 spiro atoms. The number of anilines is 1. The molecule has 0 aliphatic carbocycles. The summed E-state index contributed by atoms with van der Waals surface area (Å²) >= 11 is 1.62. The lowest BCUT2D eigenvalue weighted by Gasteiger charge is -2.17. The first-order chi connectivity index (χ1) is 14.0. The van der Waals surface area contributed by atoms with Crippen LogP contribution in [0.5, 0.6) is 11.5 Å². The summed E-state index contributed by atoms with van der Waals surface area (Å²) in [6, 6.07) is 14.1. The van der Waals surface area contributed by atoms with Crippen LogP contribution < -0.4 is 14.8 Å². The molecular weight excluding hydrogens is 386 g/mol. The number of aromatic nitrogens is 2. The highest BCUT2D eigenvalue weighted by Gasteiger charge is 2.34. The van der Waals surface area contributed by atoms with E-state index in [1.165, 1.54) is 5.56 Å². The van der Waals surface area contributed by atoms with Crippen molar-refractivity contribution >= 4 is 23.5 Å². The Balaban J connectivity index is 1.67. The zero-order valence-corrected chi connectivity index (χ0v) is 17.2. The highest BCUT2D eigenvalue weighted by Crippen LogP contribution is 2.48. The second-order valence-corrected chi connectivity index (χ2v) is 8.81. The van der Waals surface area contributed by atoms with E-state index in [1.54, 1.807) is 11.8 Å². The lowest BCUT2D eigenvalue weighted by Crippen LogP contribution is -2.22. The zero-order valence-electron chi connectivity index (χ0n) is 16.4. The Morgan fingerprint density at radius 1 is 1.10 bits per heavy atom. The van der Waals surface area contributed by atoms with E-state index in [9.17, 15) is 4.79 Å². The van der Waals surface area contributed by atoms with Gasteiger partial charge in [0.15, 0.2) is 11.5 Å². The molecule has 2 aliphatic rings. The normalized spacial score (nSPS) is 20.2. The molecule has 1 amide bonds. The van der Waals surface area contributed by atoms with Gasteiger partial charge in [-0.05, 0) is 50.6 Å². The summed E-state index contributed by atoms with van der Waals surface area (Å²) in [5.41, 5.74) is 5.08. The van der Waals surface area contributed by atoms with E-state index in [0.717, 1.165) is 39.8 Å². The van der Waals surface area contributed by atoms with E-state index in [4.69, 9.17) is 14.6 Å². The molecular formula is C22H21N3O3S. The maximum absolute atomic E-state index is 12.8. The van der Waals surface area contributed by atoms with Crippen LogP contribution in [0.2, 0.25) is 0 Å². The molecule has 6 nitrogen and oxygen atoms in total. The highest BCUT2D eigenvalue weighted by atomic mass is 32.2. The number of fused-ring (bicyclic) bond motifs is 2. The quantitative estimate of drug-likeness (QED) is 0.683. The first-order valence-corrected chi connectivity index (χ1v) is 10.5. The number of amides is 1. The van der Waals surface area contributed by atoms with Gasteiger partial charge in [0, 0.05) is 5.56 Å². The van der Waals surface area contributed by atoms with Crippen molar-refractivity contribution in [2.75, 3.05) is 12.1 Å². The fourth-order valence-corrected chi connectivity index (χ4v) is 5.03. The predicted molar refractivity (Wildman–Crippen MR) is 113 cm³/mol. The third-order valence-electron chi connectivity index (χ3n) is 5.30. The van der Waals surface area contributed by atoms with Crippen LogP contribution in [-0.4, -0.2) is 27.7 Å². The van der Waals surface area contributed by atoms with E-state index in [0.29, 0.717) is 0 Å². The SMILES string of the molecule is Cc1ccc(-n2nc(C)c3c2NC(=O)[C@H](C)S[C@H]3c2ccc3c(c2)OCO3)cc1. The van der Waals surface area contributed by atoms with Crippen LogP contribution in [0.4, 0.5) is 5.82 Å². The van der Waals surface area contributed by atoms with Gasteiger partial charge in [0.1, 0.15) is 5.82 Å². The van der Waals surface area contributed by atoms with Crippen LogP contribution in [0.3, 0.4) is 0 Å². The fourth-order valence-electron chi connectivity index (χ4n) is 3.72. The molecule has 29 heavy (non-hydrogen) atoms. The van der Waals surface area contributed by atoms with E-state index in [2.05, 4.69) is 5.32 Å². The topological polar surface area (TPSA) is 65.4 Å². The van der Waals surface area contributed by atoms with E-state index >= 15 is 0 Å². The molecule has 0 fully saturated rings. The number of aryl methyl sites for hydroxylation is 2. The number of rotatable bonds is 2. The van der Waals surface area contributed by atoms with Crippen molar-refractivity contribution in [1.29, 1.82) is 0 Å². The average Bonchev–Trinajstić information content (AvgIpc) is 3.27. The average molecular weight is 407 g/mol. The number of nitrogens with one attached hydrogen (secondary N) is 1. The fraction of sp³-hybridized carbons (Fsp3) is 0.273. The summed E-state index contributed by atoms with van der Waals surface area (Å²) in [6.07, 6.45) is 0. The maximum atomic E-state index is 12.8. The number of carbonyl (C=O) groups excluding carboxylic acids is 1. The van der Waals surface area contributed by atoms with Gasteiger partial charge >= 0.3 is 0 Å². The summed E-state index contributed by atoms with van der Waals surface area (Å²) in [6.45, 7) is 6.22. The minimum absolute atomic E-state index is 0.0206. The molecule has 0 bridgehead atoms. The molecule has 5 rings (SSSR count). The molecule has 148 valence electrons. The predicted octanol–water partition coefficient (Wildman–Crippen LogP) is 4.38. The zero-order chi connectivity index (χ0) is 20.1. The Labute approximate surface area is 173 Å². The number of hydrogen-bond donors (Lipinski definition) is 1. The van der Waals surface area contributed by atoms with Gasteiger partial charge in [0.05, 0.1) is 21.9 Å². The number of hydrogen-bond acceptors (Lipinski definition) is 5. The largest absolute Gasteiger partial charge is 0.454 e. The van der Waals surface area contributed by atoms with E-state index in [-0.39, 0.29) is 23.2 Å². The van der Waals surface area contributed by atoms with Gasteiger partial charge in [-0.15, -0.1) is 11.8 Å². The van der Waals surface area contributed by atoms with Gasteiger partial charge in [0.2, 0.25) is 12.7 Å². The first-order valence-electron chi connectivity index (χ1n) is 9.53. The minimum Gasteiger partial charge on any atom is -0.454 e. The summed E-state index contributed by atoms with van der Waals surface area (Å²) < 4.78 is 12.9. The van der Waals surface area contributed by atoms with Crippen LogP contribution in [0.1, 0.15) is 34.6 Å². The van der Waals surface area contributed by atoms with Crippen LogP contribution in [0.15, 0.2) is 42.5 Å². The van der Waals surface area contributed by atoms with Crippen molar-refractivity contribution < 1.29 is 14.3 Å². The Morgan fingerprint density at radius 3 is 2.66 bits per heavy atom. The molecule has 3 aromatic rings. The molecule has 0 radical (unpaired) electrons. The molecule has 2 aromatic carbocycles. The van der Waals surface area contributed by atoms with Crippen LogP contribution >= 0.6 is 11.8 Å². The van der Waals surface area contributed by atoms with Crippen LogP contribution in [0, 0.1) is 13.8 Å². The molecule has 1 N–H and O–H groups in total. The summed E-state index contributed by atoms with van der Waals surface area (Å²) in [5.74, 6) is 2.20. The van der Waals surface area contributed by atoms with Gasteiger partial charge in [-0.25, -0.2) is 4.68 Å². The molecule has 1 aromatic heterocycles. The molecule has 0 saturated heterocycles. The number of carbonyl (C=O) groups is 1. The standard InChI is InChI=1S/C22H21N3O3S/c1-12-4-7-16(8-5-12)25-21-19(13(2)24-25)20(29-14(3)22(26)23-21)15-6-9-17-18(10-15)28-11-27-17/h4-10,14,20H,11H2,1-3H3,(H,23,26)/t14-,20-/m0/s1. The number of ether oxygens (including phenoxy) is 2. The van der Waals surface area contributed by atoms with Crippen molar-refractivity contribution in [2.45, 2.75) is 31.3 Å². The first kappa shape index (κ1) is 18.1. The molecule has 0 saturated carbocycles. The van der Waals surface area contributed by atoms with Gasteiger partial charge in [-0.2, -0.15) is 5.10 Å². The van der Waals surface area contributed by atoms with Crippen LogP contribution in [-0.2, 0) is 4.79 Å². The second kappa shape index (κ2) is 6.84. The molecule has 0 unspecified atom stereocenters. The Morgan fingerprint density at radius 2 is 1.86 bits per heavy atom.